The van der Waals surface area contributed by atoms with E-state index in [9.17, 15) is 17.6 Å². The monoisotopic (exact) mass is 712 g/mol. The normalized spacial score (nSPS) is 15.0. The third kappa shape index (κ3) is 7.10. The van der Waals surface area contributed by atoms with E-state index in [4.69, 9.17) is 21.1 Å². The summed E-state index contributed by atoms with van der Waals surface area (Å²) in [5.41, 5.74) is -1.60. The maximum absolute atomic E-state index is 16.7. The van der Waals surface area contributed by atoms with Crippen LogP contribution in [0.15, 0.2) is 60.7 Å². The number of anilines is 2. The van der Waals surface area contributed by atoms with Gasteiger partial charge in [-0.2, -0.15) is 27.5 Å². The van der Waals surface area contributed by atoms with Crippen molar-refractivity contribution in [3.8, 4) is 22.8 Å². The minimum absolute atomic E-state index is 0.0773. The van der Waals surface area contributed by atoms with Gasteiger partial charge in [-0.3, -0.25) is 0 Å². The molecule has 3 aromatic carbocycles. The van der Waals surface area contributed by atoms with Crippen LogP contribution in [0.1, 0.15) is 29.2 Å². The third-order valence-electron chi connectivity index (χ3n) is 8.72. The largest absolute Gasteiger partial charge is 0.497 e. The molecule has 8 nitrogen and oxygen atoms in total. The van der Waals surface area contributed by atoms with E-state index in [0.29, 0.717) is 31.1 Å². The van der Waals surface area contributed by atoms with Gasteiger partial charge in [0.05, 0.1) is 36.1 Å². The predicted octanol–water partition coefficient (Wildman–Crippen LogP) is 7.97. The first-order chi connectivity index (χ1) is 23.9. The van der Waals surface area contributed by atoms with Gasteiger partial charge in [-0.25, -0.2) is 9.37 Å². The summed E-state index contributed by atoms with van der Waals surface area (Å²) in [5.74, 6) is 0.282. The first kappa shape index (κ1) is 35.1. The number of methoxy groups -OCH3 is 2. The number of ether oxygens (including phenoxy) is 2. The molecule has 0 aliphatic carbocycles. The van der Waals surface area contributed by atoms with Gasteiger partial charge in [0.25, 0.3) is 0 Å². The zero-order chi connectivity index (χ0) is 35.7. The topological polar surface area (TPSA) is 75.6 Å². The number of alkyl halides is 3. The fourth-order valence-electron chi connectivity index (χ4n) is 6.22. The van der Waals surface area contributed by atoms with Crippen LogP contribution in [0.3, 0.4) is 0 Å². The zero-order valence-corrected chi connectivity index (χ0v) is 28.5. The van der Waals surface area contributed by atoms with Gasteiger partial charge in [-0.1, -0.05) is 35.9 Å². The SMILES string of the molecule is COc1ccc(CN(Cc2ccc(OC)cc2)c2cc(C)c(C(F)(F)F)c(-c3c(Cl)cc4c(N5CCNC[C@@H]5C)nc(F)nc4c3F)n2)cc1. The quantitative estimate of drug-likeness (QED) is 0.122. The Bertz CT molecular complexity index is 1960. The van der Waals surface area contributed by atoms with E-state index in [2.05, 4.69) is 20.3 Å². The first-order valence-corrected chi connectivity index (χ1v) is 16.2. The van der Waals surface area contributed by atoms with E-state index in [1.807, 2.05) is 31.2 Å². The van der Waals surface area contributed by atoms with Crippen molar-refractivity contribution in [2.45, 2.75) is 39.2 Å². The molecule has 1 aliphatic rings. The van der Waals surface area contributed by atoms with E-state index in [0.717, 1.165) is 11.1 Å². The number of aryl methyl sites for hydroxylation is 1. The molecule has 5 aromatic rings. The average molecular weight is 713 g/mol. The van der Waals surface area contributed by atoms with Crippen molar-refractivity contribution in [1.82, 2.24) is 20.3 Å². The van der Waals surface area contributed by atoms with E-state index < -0.39 is 40.4 Å². The number of piperazine rings is 1. The Balaban J connectivity index is 1.54. The lowest BCUT2D eigenvalue weighted by Gasteiger charge is -2.35. The number of hydrogen-bond acceptors (Lipinski definition) is 8. The Morgan fingerprint density at radius 1 is 0.920 bits per heavy atom. The maximum atomic E-state index is 16.7. The third-order valence-corrected chi connectivity index (χ3v) is 9.02. The lowest BCUT2D eigenvalue weighted by Crippen LogP contribution is -2.50. The van der Waals surface area contributed by atoms with Crippen LogP contribution in [0, 0.1) is 18.8 Å². The summed E-state index contributed by atoms with van der Waals surface area (Å²) >= 11 is 6.69. The molecule has 0 radical (unpaired) electrons. The molecule has 1 N–H and O–H groups in total. The maximum Gasteiger partial charge on any atom is 0.418 e. The lowest BCUT2D eigenvalue weighted by molar-refractivity contribution is -0.137. The summed E-state index contributed by atoms with van der Waals surface area (Å²) < 4.78 is 86.6. The van der Waals surface area contributed by atoms with Crippen molar-refractivity contribution < 1.29 is 31.4 Å². The summed E-state index contributed by atoms with van der Waals surface area (Å²) in [7, 11) is 3.09. The fourth-order valence-corrected chi connectivity index (χ4v) is 6.50. The van der Waals surface area contributed by atoms with E-state index in [-0.39, 0.29) is 46.7 Å². The highest BCUT2D eigenvalue weighted by Crippen LogP contribution is 2.45. The van der Waals surface area contributed by atoms with Gasteiger partial charge >= 0.3 is 12.3 Å². The van der Waals surface area contributed by atoms with Crippen LogP contribution in [0.2, 0.25) is 5.02 Å². The van der Waals surface area contributed by atoms with Crippen LogP contribution in [0.5, 0.6) is 11.5 Å². The second-order valence-corrected chi connectivity index (χ2v) is 12.5. The molecule has 2 aromatic heterocycles. The van der Waals surface area contributed by atoms with E-state index >= 15 is 4.39 Å². The number of fused-ring (bicyclic) bond motifs is 1. The fraction of sp³-hybridized carbons (Fsp3) is 0.306. The lowest BCUT2D eigenvalue weighted by atomic mass is 9.98. The Kier molecular flexibility index (Phi) is 9.99. The summed E-state index contributed by atoms with van der Waals surface area (Å²) in [4.78, 5) is 15.7. The molecule has 262 valence electrons. The Hall–Kier alpha value is -4.75. The van der Waals surface area contributed by atoms with Gasteiger partial charge < -0.3 is 24.6 Å². The van der Waals surface area contributed by atoms with Crippen molar-refractivity contribution in [2.24, 2.45) is 0 Å². The zero-order valence-electron chi connectivity index (χ0n) is 27.7. The molecule has 0 unspecified atom stereocenters. The molecule has 0 saturated carbocycles. The number of hydrogen-bond donors (Lipinski definition) is 1. The molecule has 1 saturated heterocycles. The van der Waals surface area contributed by atoms with Crippen molar-refractivity contribution in [3.05, 3.63) is 99.8 Å². The smallest absolute Gasteiger partial charge is 0.418 e. The van der Waals surface area contributed by atoms with Crippen LogP contribution in [-0.2, 0) is 19.3 Å². The first-order valence-electron chi connectivity index (χ1n) is 15.8. The van der Waals surface area contributed by atoms with Crippen LogP contribution in [0.25, 0.3) is 22.2 Å². The molecule has 0 amide bonds. The molecular formula is C36H34ClF5N6O2. The minimum Gasteiger partial charge on any atom is -0.497 e. The Morgan fingerprint density at radius 2 is 1.52 bits per heavy atom. The summed E-state index contributed by atoms with van der Waals surface area (Å²) in [5, 5.41) is 2.95. The van der Waals surface area contributed by atoms with Gasteiger partial charge in [0.2, 0.25) is 0 Å². The average Bonchev–Trinajstić information content (AvgIpc) is 3.08. The van der Waals surface area contributed by atoms with Gasteiger partial charge in [-0.05, 0) is 66.9 Å². The molecule has 6 rings (SSSR count). The number of halogens is 6. The second kappa shape index (κ2) is 14.2. The molecule has 1 aliphatic heterocycles. The highest BCUT2D eigenvalue weighted by atomic mass is 35.5. The van der Waals surface area contributed by atoms with Gasteiger partial charge in [-0.15, -0.1) is 0 Å². The molecular weight excluding hydrogens is 679 g/mol. The van der Waals surface area contributed by atoms with E-state index in [1.54, 1.807) is 48.3 Å². The summed E-state index contributed by atoms with van der Waals surface area (Å²) in [6.45, 7) is 5.21. The van der Waals surface area contributed by atoms with E-state index in [1.165, 1.54) is 19.1 Å². The molecule has 14 heteroatoms. The highest BCUT2D eigenvalue weighted by Gasteiger charge is 2.39. The van der Waals surface area contributed by atoms with Crippen molar-refractivity contribution >= 4 is 34.1 Å². The Labute approximate surface area is 290 Å². The van der Waals surface area contributed by atoms with Crippen molar-refractivity contribution in [1.29, 1.82) is 0 Å². The number of aromatic nitrogens is 3. The van der Waals surface area contributed by atoms with Gasteiger partial charge in [0.1, 0.15) is 28.7 Å². The number of pyridine rings is 1. The highest BCUT2D eigenvalue weighted by molar-refractivity contribution is 6.34. The number of nitrogens with one attached hydrogen (secondary N) is 1. The van der Waals surface area contributed by atoms with Gasteiger partial charge in [0.15, 0.2) is 5.82 Å². The standard InChI is InChI=1S/C36H34ClF5N6O2/c1-20-15-28(47(18-22-5-9-24(49-3)10-6-22)19-23-7-11-25(50-4)12-8-23)44-33(30(20)36(40,41)42)29-27(37)16-26-32(31(29)38)45-35(39)46-34(26)48-14-13-43-17-21(48)2/h5-12,15-16,21,43H,13-14,17-19H2,1-4H3/t21-/m0/s1. The number of rotatable bonds is 9. The molecule has 1 atom stereocenters. The molecule has 50 heavy (non-hydrogen) atoms. The van der Waals surface area contributed by atoms with Crippen LogP contribution < -0.4 is 24.6 Å². The second-order valence-electron chi connectivity index (χ2n) is 12.1. The summed E-state index contributed by atoms with van der Waals surface area (Å²) in [6.07, 6.45) is -6.16. The van der Waals surface area contributed by atoms with Crippen molar-refractivity contribution in [3.63, 3.8) is 0 Å². The van der Waals surface area contributed by atoms with Crippen LogP contribution in [-0.4, -0.2) is 54.8 Å². The molecule has 3 heterocycles. The predicted molar refractivity (Wildman–Crippen MR) is 183 cm³/mol. The van der Waals surface area contributed by atoms with Crippen LogP contribution in [0.4, 0.5) is 33.6 Å². The van der Waals surface area contributed by atoms with Gasteiger partial charge in [0, 0.05) is 44.2 Å². The molecule has 1 fully saturated rings. The Morgan fingerprint density at radius 3 is 2.06 bits per heavy atom. The van der Waals surface area contributed by atoms with Crippen LogP contribution >= 0.6 is 11.6 Å². The minimum atomic E-state index is -4.94. The van der Waals surface area contributed by atoms with Crippen molar-refractivity contribution in [2.75, 3.05) is 43.7 Å². The molecule has 0 bridgehead atoms. The number of nitrogens with zero attached hydrogens (tertiary/aromatic N) is 5. The molecule has 0 spiro atoms. The number of benzene rings is 3. The summed E-state index contributed by atoms with van der Waals surface area (Å²) in [6, 6.07) is 16.9.